The van der Waals surface area contributed by atoms with Crippen LogP contribution in [-0.4, -0.2) is 10.7 Å². The van der Waals surface area contributed by atoms with Crippen LogP contribution < -0.4 is 5.32 Å². The van der Waals surface area contributed by atoms with Crippen molar-refractivity contribution in [2.45, 2.75) is 6.17 Å². The molecule has 1 N–H and O–H groups in total. The number of hydrogen-bond donors (Lipinski definition) is 1. The average molecular weight is 665 g/mol. The third kappa shape index (κ3) is 5.91. The first-order chi connectivity index (χ1) is 25.7. The molecule has 0 radical (unpaired) electrons. The van der Waals surface area contributed by atoms with Gasteiger partial charge in [0, 0.05) is 16.6 Å². The van der Waals surface area contributed by atoms with E-state index in [0.717, 1.165) is 83.3 Å². The van der Waals surface area contributed by atoms with E-state index < -0.39 is 0 Å². The number of benzene rings is 7. The van der Waals surface area contributed by atoms with Crippen LogP contribution in [0.2, 0.25) is 0 Å². The van der Waals surface area contributed by atoms with Gasteiger partial charge in [0.1, 0.15) is 6.17 Å². The third-order valence-corrected chi connectivity index (χ3v) is 9.74. The summed E-state index contributed by atoms with van der Waals surface area (Å²) in [5.74, 6) is 0. The van der Waals surface area contributed by atoms with E-state index in [4.69, 9.17) is 9.98 Å². The molecule has 0 saturated heterocycles. The fourth-order valence-electron chi connectivity index (χ4n) is 7.06. The molecule has 0 aliphatic carbocycles. The van der Waals surface area contributed by atoms with Gasteiger partial charge in [0.25, 0.3) is 0 Å². The van der Waals surface area contributed by atoms with Gasteiger partial charge in [0.2, 0.25) is 0 Å². The van der Waals surface area contributed by atoms with Crippen molar-refractivity contribution in [1.29, 1.82) is 5.26 Å². The summed E-state index contributed by atoms with van der Waals surface area (Å²) in [5, 5.41) is 16.5. The van der Waals surface area contributed by atoms with Crippen LogP contribution in [0.1, 0.15) is 28.4 Å². The lowest BCUT2D eigenvalue weighted by Crippen LogP contribution is -2.24. The van der Waals surface area contributed by atoms with E-state index in [0.29, 0.717) is 5.56 Å². The summed E-state index contributed by atoms with van der Waals surface area (Å²) in [6.45, 7) is 0. The van der Waals surface area contributed by atoms with E-state index in [-0.39, 0.29) is 6.17 Å². The van der Waals surface area contributed by atoms with Crippen molar-refractivity contribution in [2.75, 3.05) is 0 Å². The van der Waals surface area contributed by atoms with Gasteiger partial charge in [-0.15, -0.1) is 0 Å². The first kappa shape index (κ1) is 30.9. The quantitative estimate of drug-likeness (QED) is 0.180. The lowest BCUT2D eigenvalue weighted by Gasteiger charge is -2.25. The number of aromatic nitrogens is 1. The molecule has 1 unspecified atom stereocenters. The minimum atomic E-state index is -0.182. The number of fused-ring (bicyclic) bond motifs is 3. The lowest BCUT2D eigenvalue weighted by atomic mass is 9.92. The number of aliphatic imine (C=N–C) groups is 1. The van der Waals surface area contributed by atoms with Gasteiger partial charge in [0.05, 0.1) is 28.6 Å². The molecule has 52 heavy (non-hydrogen) atoms. The zero-order chi connectivity index (χ0) is 34.9. The molecular formula is C48H32N4. The number of allylic oxidation sites excluding steroid dienone is 1. The monoisotopic (exact) mass is 664 g/mol. The van der Waals surface area contributed by atoms with E-state index in [1.54, 1.807) is 0 Å². The highest BCUT2D eigenvalue weighted by atomic mass is 15.1. The summed E-state index contributed by atoms with van der Waals surface area (Å²) in [4.78, 5) is 10.3. The number of nitrogens with one attached hydrogen (secondary N) is 1. The number of nitriles is 1. The van der Waals surface area contributed by atoms with Gasteiger partial charge in [-0.05, 0) is 86.1 Å². The SMILES string of the molecule is N#Cc1ccc(-c2cc(-c3ccccc3)nc3ccc4cc(-c5ccc(C6=NC(c7ccccc7)NC(c7ccccc7)=C6)cc5)ccc4c23)cc1. The maximum atomic E-state index is 9.44. The Morgan fingerprint density at radius 3 is 1.88 bits per heavy atom. The second-order valence-corrected chi connectivity index (χ2v) is 13.0. The zero-order valence-electron chi connectivity index (χ0n) is 28.2. The Morgan fingerprint density at radius 1 is 0.538 bits per heavy atom. The maximum absolute atomic E-state index is 9.44. The van der Waals surface area contributed by atoms with Crippen molar-refractivity contribution in [2.24, 2.45) is 4.99 Å². The van der Waals surface area contributed by atoms with Crippen LogP contribution in [-0.2, 0) is 0 Å². The largest absolute Gasteiger partial charge is 0.360 e. The normalized spacial score (nSPS) is 13.9. The standard InChI is InChI=1S/C48H32N4/c49-31-32-16-18-34(19-17-32)42-29-44(35-10-4-1-5-11-35)50-43-27-25-40-28-39(24-26-41(40)47(42)43)33-20-22-37(23-21-33)46-30-45(36-12-6-2-7-13-36)51-48(52-46)38-14-8-3-9-15-38/h1-30,48,51H. The summed E-state index contributed by atoms with van der Waals surface area (Å²) in [6.07, 6.45) is 1.96. The van der Waals surface area contributed by atoms with E-state index in [2.05, 4.69) is 139 Å². The molecular weight excluding hydrogens is 633 g/mol. The van der Waals surface area contributed by atoms with Crippen LogP contribution >= 0.6 is 0 Å². The zero-order valence-corrected chi connectivity index (χ0v) is 28.2. The lowest BCUT2D eigenvalue weighted by molar-refractivity contribution is 0.664. The van der Waals surface area contributed by atoms with Crippen molar-refractivity contribution < 1.29 is 0 Å². The number of nitrogens with zero attached hydrogens (tertiary/aromatic N) is 3. The highest BCUT2D eigenvalue weighted by Gasteiger charge is 2.20. The van der Waals surface area contributed by atoms with Crippen LogP contribution in [0, 0.1) is 11.3 Å². The van der Waals surface area contributed by atoms with Gasteiger partial charge in [-0.2, -0.15) is 5.26 Å². The molecule has 9 rings (SSSR count). The molecule has 0 saturated carbocycles. The Bertz CT molecular complexity index is 2670. The van der Waals surface area contributed by atoms with Crippen LogP contribution in [0.25, 0.3) is 60.9 Å². The second-order valence-electron chi connectivity index (χ2n) is 13.0. The Labute approximate surface area is 302 Å². The summed E-state index contributed by atoms with van der Waals surface area (Å²) < 4.78 is 0. The molecule has 1 aliphatic heterocycles. The molecule has 0 bridgehead atoms. The van der Waals surface area contributed by atoms with Crippen LogP contribution in [0.3, 0.4) is 0 Å². The van der Waals surface area contributed by atoms with Crippen molar-refractivity contribution in [3.05, 3.63) is 204 Å². The predicted molar refractivity (Wildman–Crippen MR) is 214 cm³/mol. The van der Waals surface area contributed by atoms with Crippen LogP contribution in [0.4, 0.5) is 0 Å². The van der Waals surface area contributed by atoms with Crippen molar-refractivity contribution in [1.82, 2.24) is 10.3 Å². The van der Waals surface area contributed by atoms with Gasteiger partial charge in [-0.1, -0.05) is 146 Å². The minimum absolute atomic E-state index is 0.182. The van der Waals surface area contributed by atoms with Gasteiger partial charge < -0.3 is 5.32 Å². The van der Waals surface area contributed by atoms with E-state index >= 15 is 0 Å². The Balaban J connectivity index is 1.10. The summed E-state index contributed by atoms with van der Waals surface area (Å²) >= 11 is 0. The van der Waals surface area contributed by atoms with Crippen LogP contribution in [0.15, 0.2) is 187 Å². The topological polar surface area (TPSA) is 61.1 Å². The molecule has 244 valence electrons. The highest BCUT2D eigenvalue weighted by molar-refractivity contribution is 6.15. The van der Waals surface area contributed by atoms with E-state index in [1.165, 1.54) is 0 Å². The fraction of sp³-hybridized carbons (Fsp3) is 0.0208. The van der Waals surface area contributed by atoms with E-state index in [1.807, 2.05) is 54.6 Å². The number of pyridine rings is 1. The highest BCUT2D eigenvalue weighted by Crippen LogP contribution is 2.38. The Kier molecular flexibility index (Phi) is 7.92. The molecule has 1 aliphatic rings. The predicted octanol–water partition coefficient (Wildman–Crippen LogP) is 11.4. The maximum Gasteiger partial charge on any atom is 0.145 e. The molecule has 0 amide bonds. The molecule has 4 heteroatoms. The smallest absolute Gasteiger partial charge is 0.145 e. The Morgan fingerprint density at radius 2 is 1.17 bits per heavy atom. The minimum Gasteiger partial charge on any atom is -0.360 e. The van der Waals surface area contributed by atoms with Crippen molar-refractivity contribution in [3.8, 4) is 39.6 Å². The molecule has 7 aromatic carbocycles. The molecule has 1 atom stereocenters. The molecule has 1 aromatic heterocycles. The first-order valence-electron chi connectivity index (χ1n) is 17.4. The summed E-state index contributed by atoms with van der Waals surface area (Å²) in [7, 11) is 0. The second kappa shape index (κ2) is 13.3. The molecule has 0 spiro atoms. The van der Waals surface area contributed by atoms with Crippen molar-refractivity contribution >= 4 is 33.1 Å². The molecule has 4 nitrogen and oxygen atoms in total. The van der Waals surface area contributed by atoms with Gasteiger partial charge in [0.15, 0.2) is 0 Å². The van der Waals surface area contributed by atoms with Gasteiger partial charge >= 0.3 is 0 Å². The van der Waals surface area contributed by atoms with Crippen LogP contribution in [0.5, 0.6) is 0 Å². The first-order valence-corrected chi connectivity index (χ1v) is 17.4. The van der Waals surface area contributed by atoms with E-state index in [9.17, 15) is 5.26 Å². The molecule has 2 heterocycles. The van der Waals surface area contributed by atoms with Crippen molar-refractivity contribution in [3.63, 3.8) is 0 Å². The molecule has 8 aromatic rings. The van der Waals surface area contributed by atoms with Gasteiger partial charge in [-0.3, -0.25) is 4.99 Å². The summed E-state index contributed by atoms with van der Waals surface area (Å²) in [5.41, 5.74) is 13.3. The Hall–Kier alpha value is -7.09. The average Bonchev–Trinajstić information content (AvgIpc) is 3.24. The number of hydrogen-bond acceptors (Lipinski definition) is 4. The fourth-order valence-corrected chi connectivity index (χ4v) is 7.06. The third-order valence-electron chi connectivity index (χ3n) is 9.74. The van der Waals surface area contributed by atoms with Gasteiger partial charge in [-0.25, -0.2) is 4.98 Å². The molecule has 0 fully saturated rings. The number of rotatable bonds is 6. The summed E-state index contributed by atoms with van der Waals surface area (Å²) in [6, 6.07) is 63.0.